The maximum absolute atomic E-state index is 11.6. The molecule has 0 fully saturated rings. The third-order valence-electron chi connectivity index (χ3n) is 3.48. The molecule has 0 spiro atoms. The molecule has 0 aliphatic rings. The van der Waals surface area contributed by atoms with E-state index < -0.39 is 24.0 Å². The number of esters is 1. The van der Waals surface area contributed by atoms with Gasteiger partial charge in [-0.1, -0.05) is 6.58 Å². The van der Waals surface area contributed by atoms with E-state index in [1.807, 2.05) is 0 Å². The van der Waals surface area contributed by atoms with Gasteiger partial charge in [0, 0.05) is 12.5 Å². The fourth-order valence-electron chi connectivity index (χ4n) is 2.52. The van der Waals surface area contributed by atoms with E-state index in [9.17, 15) is 29.7 Å². The second-order valence-electron chi connectivity index (χ2n) is 5.36. The van der Waals surface area contributed by atoms with Crippen molar-refractivity contribution in [1.82, 2.24) is 0 Å². The molecule has 1 aromatic rings. The number of carboxylic acid groups (broad SMARTS) is 2. The van der Waals surface area contributed by atoms with Gasteiger partial charge in [-0.25, -0.2) is 14.4 Å². The quantitative estimate of drug-likeness (QED) is 0.487. The van der Waals surface area contributed by atoms with Gasteiger partial charge in [0.1, 0.15) is 0 Å². The van der Waals surface area contributed by atoms with Gasteiger partial charge in [-0.15, -0.1) is 0 Å². The summed E-state index contributed by atoms with van der Waals surface area (Å²) in [7, 11) is 0. The van der Waals surface area contributed by atoms with E-state index in [1.165, 1.54) is 13.0 Å². The van der Waals surface area contributed by atoms with Crippen LogP contribution in [0.5, 0.6) is 0 Å². The zero-order valence-electron chi connectivity index (χ0n) is 13.5. The highest BCUT2D eigenvalue weighted by molar-refractivity contribution is 6.03. The summed E-state index contributed by atoms with van der Waals surface area (Å²) in [5.74, 6) is -3.34. The van der Waals surface area contributed by atoms with E-state index >= 15 is 0 Å². The summed E-state index contributed by atoms with van der Waals surface area (Å²) in [5, 5.41) is 28.4. The fraction of sp³-hybridized carbons (Fsp3) is 0.353. The number of hydrogen-bond acceptors (Lipinski definition) is 5. The molecule has 3 N–H and O–H groups in total. The van der Waals surface area contributed by atoms with Crippen molar-refractivity contribution >= 4 is 17.9 Å². The van der Waals surface area contributed by atoms with Gasteiger partial charge >= 0.3 is 17.9 Å². The molecule has 24 heavy (non-hydrogen) atoms. The summed E-state index contributed by atoms with van der Waals surface area (Å²) in [6.07, 6.45) is 0.336. The third-order valence-corrected chi connectivity index (χ3v) is 3.48. The standard InChI is InChI=1S/C17H20O7/c1-4-14(19)24-6-5-11-9(2)7-13(16(20)21)15(17(22)23)12(11)8-10(3)18/h4,7,10,18H,1,5-6,8H2,2-3H3,(H,20,21)(H,22,23). The maximum Gasteiger partial charge on any atom is 0.336 e. The molecule has 0 aliphatic heterocycles. The Morgan fingerprint density at radius 1 is 1.25 bits per heavy atom. The lowest BCUT2D eigenvalue weighted by atomic mass is 9.87. The van der Waals surface area contributed by atoms with E-state index in [-0.39, 0.29) is 36.1 Å². The molecule has 0 amide bonds. The van der Waals surface area contributed by atoms with Gasteiger partial charge in [-0.3, -0.25) is 0 Å². The van der Waals surface area contributed by atoms with Crippen LogP contribution in [0, 0.1) is 6.92 Å². The van der Waals surface area contributed by atoms with Crippen LogP contribution in [-0.4, -0.2) is 45.9 Å². The normalized spacial score (nSPS) is 11.6. The Labute approximate surface area is 139 Å². The van der Waals surface area contributed by atoms with E-state index in [1.54, 1.807) is 6.92 Å². The van der Waals surface area contributed by atoms with Crippen molar-refractivity contribution in [3.05, 3.63) is 46.5 Å². The highest BCUT2D eigenvalue weighted by Gasteiger charge is 2.25. The Bertz CT molecular complexity index is 674. The number of aliphatic hydroxyl groups is 1. The molecule has 0 heterocycles. The van der Waals surface area contributed by atoms with Crippen LogP contribution in [0.3, 0.4) is 0 Å². The zero-order chi connectivity index (χ0) is 18.4. The Hall–Kier alpha value is -2.67. The zero-order valence-corrected chi connectivity index (χ0v) is 13.5. The van der Waals surface area contributed by atoms with Gasteiger partial charge in [0.25, 0.3) is 0 Å². The molecule has 1 aromatic carbocycles. The average molecular weight is 336 g/mol. The van der Waals surface area contributed by atoms with Gasteiger partial charge < -0.3 is 20.1 Å². The first kappa shape index (κ1) is 19.4. The monoisotopic (exact) mass is 336 g/mol. The Kier molecular flexibility index (Phi) is 6.67. The van der Waals surface area contributed by atoms with E-state index in [0.29, 0.717) is 11.1 Å². The molecule has 130 valence electrons. The van der Waals surface area contributed by atoms with Crippen molar-refractivity contribution in [2.45, 2.75) is 32.8 Å². The van der Waals surface area contributed by atoms with Crippen LogP contribution >= 0.6 is 0 Å². The van der Waals surface area contributed by atoms with Crippen LogP contribution < -0.4 is 0 Å². The predicted molar refractivity (Wildman–Crippen MR) is 85.3 cm³/mol. The lowest BCUT2D eigenvalue weighted by Gasteiger charge is -2.19. The summed E-state index contributed by atoms with van der Waals surface area (Å²) in [6.45, 7) is 6.40. The highest BCUT2D eigenvalue weighted by Crippen LogP contribution is 2.26. The number of benzene rings is 1. The van der Waals surface area contributed by atoms with Crippen molar-refractivity contribution in [3.8, 4) is 0 Å². The smallest absolute Gasteiger partial charge is 0.336 e. The van der Waals surface area contributed by atoms with Gasteiger partial charge in [0.05, 0.1) is 23.8 Å². The molecule has 7 heteroatoms. The Balaban J connectivity index is 3.41. The lowest BCUT2D eigenvalue weighted by molar-refractivity contribution is -0.137. The van der Waals surface area contributed by atoms with Crippen molar-refractivity contribution in [2.24, 2.45) is 0 Å². The minimum atomic E-state index is -1.38. The minimum absolute atomic E-state index is 0.00994. The summed E-state index contributed by atoms with van der Waals surface area (Å²) in [4.78, 5) is 34.1. The van der Waals surface area contributed by atoms with Crippen LogP contribution in [0.1, 0.15) is 44.3 Å². The van der Waals surface area contributed by atoms with Crippen LogP contribution in [0.2, 0.25) is 0 Å². The van der Waals surface area contributed by atoms with Crippen LogP contribution in [0.15, 0.2) is 18.7 Å². The topological polar surface area (TPSA) is 121 Å². The van der Waals surface area contributed by atoms with Crippen molar-refractivity contribution in [1.29, 1.82) is 0 Å². The molecule has 7 nitrogen and oxygen atoms in total. The number of ether oxygens (including phenoxy) is 1. The number of aromatic carboxylic acids is 2. The summed E-state index contributed by atoms with van der Waals surface area (Å²) < 4.78 is 4.90. The van der Waals surface area contributed by atoms with Gasteiger partial charge in [-0.2, -0.15) is 0 Å². The van der Waals surface area contributed by atoms with Crippen LogP contribution in [0.4, 0.5) is 0 Å². The molecular formula is C17H20O7. The van der Waals surface area contributed by atoms with Crippen LogP contribution in [0.25, 0.3) is 0 Å². The summed E-state index contributed by atoms with van der Waals surface area (Å²) in [6, 6.07) is 1.28. The number of aliphatic hydroxyl groups excluding tert-OH is 1. The second-order valence-corrected chi connectivity index (χ2v) is 5.36. The van der Waals surface area contributed by atoms with Crippen molar-refractivity contribution < 1.29 is 34.4 Å². The van der Waals surface area contributed by atoms with Crippen molar-refractivity contribution in [2.75, 3.05) is 6.61 Å². The fourth-order valence-corrected chi connectivity index (χ4v) is 2.52. The molecule has 0 saturated carbocycles. The molecule has 1 atom stereocenters. The number of carbonyl (C=O) groups is 3. The summed E-state index contributed by atoms with van der Waals surface area (Å²) in [5.41, 5.74) is 0.670. The highest BCUT2D eigenvalue weighted by atomic mass is 16.5. The predicted octanol–water partition coefficient (Wildman–Crippen LogP) is 1.59. The molecule has 0 radical (unpaired) electrons. The number of rotatable bonds is 8. The van der Waals surface area contributed by atoms with Gasteiger partial charge in [-0.05, 0) is 43.0 Å². The average Bonchev–Trinajstić information content (AvgIpc) is 2.48. The van der Waals surface area contributed by atoms with E-state index in [2.05, 4.69) is 6.58 Å². The molecule has 0 aromatic heterocycles. The Morgan fingerprint density at radius 3 is 2.33 bits per heavy atom. The van der Waals surface area contributed by atoms with Gasteiger partial charge in [0.2, 0.25) is 0 Å². The van der Waals surface area contributed by atoms with Gasteiger partial charge in [0.15, 0.2) is 0 Å². The number of carbonyl (C=O) groups excluding carboxylic acids is 1. The first-order valence-corrected chi connectivity index (χ1v) is 7.28. The SMILES string of the molecule is C=CC(=O)OCCc1c(C)cc(C(=O)O)c(C(=O)O)c1CC(C)O. The molecule has 1 unspecified atom stereocenters. The maximum atomic E-state index is 11.6. The van der Waals surface area contributed by atoms with E-state index in [4.69, 9.17) is 4.74 Å². The first-order valence-electron chi connectivity index (χ1n) is 7.28. The summed E-state index contributed by atoms with van der Waals surface area (Å²) >= 11 is 0. The number of carboxylic acids is 2. The van der Waals surface area contributed by atoms with Crippen molar-refractivity contribution in [3.63, 3.8) is 0 Å². The number of aryl methyl sites for hydroxylation is 1. The molecule has 0 saturated heterocycles. The molecule has 0 bridgehead atoms. The number of hydrogen-bond donors (Lipinski definition) is 3. The molecular weight excluding hydrogens is 316 g/mol. The lowest BCUT2D eigenvalue weighted by Crippen LogP contribution is -2.19. The Morgan fingerprint density at radius 2 is 1.88 bits per heavy atom. The first-order chi connectivity index (χ1) is 11.2. The van der Waals surface area contributed by atoms with Crippen LogP contribution in [-0.2, 0) is 22.4 Å². The van der Waals surface area contributed by atoms with E-state index in [0.717, 1.165) is 6.08 Å². The second kappa shape index (κ2) is 8.26. The minimum Gasteiger partial charge on any atom is -0.478 e. The molecule has 0 aliphatic carbocycles. The molecule has 1 rings (SSSR count). The third kappa shape index (κ3) is 4.66. The largest absolute Gasteiger partial charge is 0.478 e.